The van der Waals surface area contributed by atoms with Gasteiger partial charge in [-0.15, -0.1) is 11.3 Å². The highest BCUT2D eigenvalue weighted by atomic mass is 79.9. The molecule has 0 aliphatic rings. The molecule has 0 N–H and O–H groups in total. The fourth-order valence-corrected chi connectivity index (χ4v) is 3.44. The van der Waals surface area contributed by atoms with Gasteiger partial charge in [0.15, 0.2) is 0 Å². The Kier molecular flexibility index (Phi) is 4.48. The van der Waals surface area contributed by atoms with Crippen molar-refractivity contribution >= 4 is 60.6 Å². The molecular weight excluding hydrogens is 403 g/mol. The van der Waals surface area contributed by atoms with Gasteiger partial charge in [0.05, 0.1) is 17.6 Å². The van der Waals surface area contributed by atoms with E-state index in [1.165, 1.54) is 18.4 Å². The predicted octanol–water partition coefficient (Wildman–Crippen LogP) is 5.17. The number of ether oxygens (including phenoxy) is 1. The first kappa shape index (κ1) is 14.1. The highest BCUT2D eigenvalue weighted by molar-refractivity contribution is 9.10. The molecule has 1 aromatic carbocycles. The molecule has 0 spiro atoms. The number of rotatable bonds is 3. The molecule has 0 atom stereocenters. The topological polar surface area (TPSA) is 26.3 Å². The van der Waals surface area contributed by atoms with Crippen LogP contribution in [-0.2, 0) is 0 Å². The Balaban J connectivity index is 2.45. The van der Waals surface area contributed by atoms with E-state index in [-0.39, 0.29) is 5.78 Å². The van der Waals surface area contributed by atoms with Gasteiger partial charge in [0, 0.05) is 8.95 Å². The van der Waals surface area contributed by atoms with E-state index in [4.69, 9.17) is 16.3 Å². The third kappa shape index (κ3) is 2.79. The Hall–Kier alpha value is -0.360. The van der Waals surface area contributed by atoms with Crippen LogP contribution in [0.25, 0.3) is 0 Å². The molecule has 2 aromatic rings. The number of ketones is 1. The summed E-state index contributed by atoms with van der Waals surface area (Å²) in [5, 5.41) is 0. The molecule has 0 unspecified atom stereocenters. The van der Waals surface area contributed by atoms with Crippen molar-refractivity contribution in [2.24, 2.45) is 0 Å². The lowest BCUT2D eigenvalue weighted by molar-refractivity contribution is 0.103. The molecule has 2 nitrogen and oxygen atoms in total. The third-order valence-electron chi connectivity index (χ3n) is 2.28. The van der Waals surface area contributed by atoms with Crippen molar-refractivity contribution in [2.75, 3.05) is 7.11 Å². The number of hydrogen-bond donors (Lipinski definition) is 0. The molecule has 0 aliphatic carbocycles. The second-order valence-electron chi connectivity index (χ2n) is 3.41. The molecule has 0 saturated heterocycles. The predicted molar refractivity (Wildman–Crippen MR) is 81.2 cm³/mol. The first-order chi connectivity index (χ1) is 8.52. The minimum atomic E-state index is -0.100. The summed E-state index contributed by atoms with van der Waals surface area (Å²) < 4.78 is 7.37. The van der Waals surface area contributed by atoms with Gasteiger partial charge in [-0.3, -0.25) is 4.79 Å². The van der Waals surface area contributed by atoms with Gasteiger partial charge in [-0.05, 0) is 40.2 Å². The quantitative estimate of drug-likeness (QED) is 0.653. The van der Waals surface area contributed by atoms with Crippen molar-refractivity contribution in [3.05, 3.63) is 48.0 Å². The van der Waals surface area contributed by atoms with Crippen LogP contribution in [0.4, 0.5) is 0 Å². The minimum Gasteiger partial charge on any atom is -0.496 e. The van der Waals surface area contributed by atoms with Gasteiger partial charge in [-0.25, -0.2) is 0 Å². The summed E-state index contributed by atoms with van der Waals surface area (Å²) in [6.07, 6.45) is 0. The molecule has 0 bridgehead atoms. The van der Waals surface area contributed by atoms with E-state index in [0.29, 0.717) is 20.5 Å². The molecule has 6 heteroatoms. The van der Waals surface area contributed by atoms with E-state index in [0.717, 1.165) is 8.95 Å². The van der Waals surface area contributed by atoms with Gasteiger partial charge < -0.3 is 4.74 Å². The molecule has 0 radical (unpaired) electrons. The van der Waals surface area contributed by atoms with Crippen LogP contribution >= 0.6 is 54.8 Å². The molecule has 18 heavy (non-hydrogen) atoms. The van der Waals surface area contributed by atoms with Crippen LogP contribution in [0, 0.1) is 0 Å². The molecule has 2 rings (SSSR count). The Bertz CT molecular complexity index is 591. The van der Waals surface area contributed by atoms with E-state index in [1.807, 2.05) is 0 Å². The SMILES string of the molecule is COc1cc(Br)ccc1C(=O)c1cc(Br)c(Cl)s1. The fourth-order valence-electron chi connectivity index (χ4n) is 1.44. The second kappa shape index (κ2) is 5.74. The lowest BCUT2D eigenvalue weighted by Crippen LogP contribution is -2.01. The van der Waals surface area contributed by atoms with Crippen LogP contribution in [0.15, 0.2) is 33.2 Å². The van der Waals surface area contributed by atoms with Gasteiger partial charge in [-0.1, -0.05) is 27.5 Å². The Morgan fingerprint density at radius 1 is 1.33 bits per heavy atom. The summed E-state index contributed by atoms with van der Waals surface area (Å²) in [6.45, 7) is 0. The van der Waals surface area contributed by atoms with Crippen LogP contribution in [0.2, 0.25) is 4.34 Å². The Labute approximate surface area is 130 Å². The Morgan fingerprint density at radius 3 is 2.61 bits per heavy atom. The molecule has 0 aliphatic heterocycles. The molecule has 0 fully saturated rings. The normalized spacial score (nSPS) is 10.4. The van der Waals surface area contributed by atoms with Crippen molar-refractivity contribution in [2.45, 2.75) is 0 Å². The summed E-state index contributed by atoms with van der Waals surface area (Å²) in [5.41, 5.74) is 0.520. The van der Waals surface area contributed by atoms with Gasteiger partial charge in [0.1, 0.15) is 10.1 Å². The largest absolute Gasteiger partial charge is 0.496 e. The Morgan fingerprint density at radius 2 is 2.06 bits per heavy atom. The third-order valence-corrected chi connectivity index (χ3v) is 5.24. The van der Waals surface area contributed by atoms with Crippen molar-refractivity contribution < 1.29 is 9.53 Å². The average molecular weight is 411 g/mol. The van der Waals surface area contributed by atoms with E-state index in [9.17, 15) is 4.79 Å². The van der Waals surface area contributed by atoms with Crippen LogP contribution in [0.3, 0.4) is 0 Å². The minimum absolute atomic E-state index is 0.100. The summed E-state index contributed by atoms with van der Waals surface area (Å²) in [4.78, 5) is 12.9. The van der Waals surface area contributed by atoms with Gasteiger partial charge >= 0.3 is 0 Å². The summed E-state index contributed by atoms with van der Waals surface area (Å²) in [6, 6.07) is 7.01. The lowest BCUT2D eigenvalue weighted by atomic mass is 10.1. The van der Waals surface area contributed by atoms with Crippen molar-refractivity contribution in [1.82, 2.24) is 0 Å². The fraction of sp³-hybridized carbons (Fsp3) is 0.0833. The number of halogens is 3. The summed E-state index contributed by atoms with van der Waals surface area (Å²) >= 11 is 13.8. The van der Waals surface area contributed by atoms with E-state index in [2.05, 4.69) is 31.9 Å². The monoisotopic (exact) mass is 408 g/mol. The van der Waals surface area contributed by atoms with Crippen molar-refractivity contribution in [3.8, 4) is 5.75 Å². The number of methoxy groups -OCH3 is 1. The number of benzene rings is 1. The number of carbonyl (C=O) groups is 1. The highest BCUT2D eigenvalue weighted by Crippen LogP contribution is 2.35. The lowest BCUT2D eigenvalue weighted by Gasteiger charge is -2.06. The van der Waals surface area contributed by atoms with Gasteiger partial charge in [-0.2, -0.15) is 0 Å². The van der Waals surface area contributed by atoms with E-state index >= 15 is 0 Å². The smallest absolute Gasteiger partial charge is 0.206 e. The van der Waals surface area contributed by atoms with E-state index < -0.39 is 0 Å². The molecule has 94 valence electrons. The maximum absolute atomic E-state index is 12.3. The van der Waals surface area contributed by atoms with E-state index in [1.54, 1.807) is 24.3 Å². The van der Waals surface area contributed by atoms with Gasteiger partial charge in [0.2, 0.25) is 5.78 Å². The van der Waals surface area contributed by atoms with Crippen molar-refractivity contribution in [3.63, 3.8) is 0 Å². The highest BCUT2D eigenvalue weighted by Gasteiger charge is 2.18. The second-order valence-corrected chi connectivity index (χ2v) is 6.83. The van der Waals surface area contributed by atoms with Gasteiger partial charge in [0.25, 0.3) is 0 Å². The first-order valence-corrected chi connectivity index (χ1v) is 7.64. The number of thiophene rings is 1. The molecule has 1 heterocycles. The van der Waals surface area contributed by atoms with Crippen molar-refractivity contribution in [1.29, 1.82) is 0 Å². The summed E-state index contributed by atoms with van der Waals surface area (Å²) in [7, 11) is 1.54. The number of hydrogen-bond acceptors (Lipinski definition) is 3. The summed E-state index contributed by atoms with van der Waals surface area (Å²) in [5.74, 6) is 0.437. The number of carbonyl (C=O) groups excluding carboxylic acids is 1. The standard InChI is InChI=1S/C12H7Br2ClO2S/c1-17-9-4-6(13)2-3-7(9)11(16)10-5-8(14)12(15)18-10/h2-5H,1H3. The maximum Gasteiger partial charge on any atom is 0.206 e. The molecule has 1 aromatic heterocycles. The zero-order valence-electron chi connectivity index (χ0n) is 9.17. The van der Waals surface area contributed by atoms with Crippen LogP contribution < -0.4 is 4.74 Å². The zero-order valence-corrected chi connectivity index (χ0v) is 13.9. The first-order valence-electron chi connectivity index (χ1n) is 4.86. The van der Waals surface area contributed by atoms with Crippen LogP contribution in [0.1, 0.15) is 15.2 Å². The molecular formula is C12H7Br2ClO2S. The molecule has 0 saturated carbocycles. The van der Waals surface area contributed by atoms with Crippen LogP contribution in [-0.4, -0.2) is 12.9 Å². The molecule has 0 amide bonds. The maximum atomic E-state index is 12.3. The zero-order chi connectivity index (χ0) is 13.3. The average Bonchev–Trinajstić information content (AvgIpc) is 2.68. The van der Waals surface area contributed by atoms with Crippen LogP contribution in [0.5, 0.6) is 5.75 Å².